The second-order valence-electron chi connectivity index (χ2n) is 6.00. The van der Waals surface area contributed by atoms with E-state index >= 15 is 0 Å². The third kappa shape index (κ3) is 5.39. The summed E-state index contributed by atoms with van der Waals surface area (Å²) in [4.78, 5) is 24.2. The molecule has 1 amide bonds. The molecule has 1 atom stereocenters. The van der Waals surface area contributed by atoms with Crippen molar-refractivity contribution in [2.24, 2.45) is 5.41 Å². The van der Waals surface area contributed by atoms with E-state index in [0.29, 0.717) is 11.3 Å². The van der Waals surface area contributed by atoms with Gasteiger partial charge < -0.3 is 10.1 Å². The van der Waals surface area contributed by atoms with Gasteiger partial charge in [0.15, 0.2) is 0 Å². The zero-order valence-electron chi connectivity index (χ0n) is 13.8. The number of thioether (sulfide) groups is 1. The summed E-state index contributed by atoms with van der Waals surface area (Å²) in [5.41, 5.74) is -0.617. The predicted molar refractivity (Wildman–Crippen MR) is 91.4 cm³/mol. The van der Waals surface area contributed by atoms with Crippen LogP contribution in [0.1, 0.15) is 34.1 Å². The highest BCUT2D eigenvalue weighted by Crippen LogP contribution is 2.36. The number of halogens is 2. The largest absolute Gasteiger partial charge is 0.468 e. The Morgan fingerprint density at radius 2 is 2.00 bits per heavy atom. The fraction of sp³-hybridized carbons (Fsp3) is 0.500. The minimum atomic E-state index is -0.655. The summed E-state index contributed by atoms with van der Waals surface area (Å²) in [5, 5.41) is 2.28. The molecule has 1 N–H and O–H groups in total. The van der Waals surface area contributed by atoms with E-state index in [9.17, 15) is 14.0 Å². The molecule has 1 unspecified atom stereocenters. The van der Waals surface area contributed by atoms with E-state index in [0.717, 1.165) is 6.07 Å². The maximum atomic E-state index is 14.0. The highest BCUT2D eigenvalue weighted by Gasteiger charge is 2.24. The zero-order valence-corrected chi connectivity index (χ0v) is 15.4. The van der Waals surface area contributed by atoms with Gasteiger partial charge in [0.2, 0.25) is 5.91 Å². The lowest BCUT2D eigenvalue weighted by atomic mass is 9.95. The second kappa shape index (κ2) is 8.02. The van der Waals surface area contributed by atoms with E-state index in [2.05, 4.69) is 5.32 Å². The molecule has 1 aromatic rings. The van der Waals surface area contributed by atoms with Crippen LogP contribution in [0.15, 0.2) is 17.0 Å². The maximum absolute atomic E-state index is 14.0. The van der Waals surface area contributed by atoms with E-state index in [1.54, 1.807) is 20.8 Å². The zero-order chi connectivity index (χ0) is 17.8. The third-order valence-electron chi connectivity index (χ3n) is 3.06. The van der Waals surface area contributed by atoms with Gasteiger partial charge in [0.25, 0.3) is 0 Å². The molecule has 1 aromatic carbocycles. The van der Waals surface area contributed by atoms with Crippen molar-refractivity contribution in [3.63, 3.8) is 0 Å². The lowest BCUT2D eigenvalue weighted by molar-refractivity contribution is -0.140. The van der Waals surface area contributed by atoms with Crippen molar-refractivity contribution >= 4 is 40.9 Å². The normalized spacial score (nSPS) is 12.7. The highest BCUT2D eigenvalue weighted by molar-refractivity contribution is 8.00. The summed E-state index contributed by atoms with van der Waals surface area (Å²) < 4.78 is 18.8. The van der Waals surface area contributed by atoms with E-state index in [4.69, 9.17) is 16.3 Å². The molecule has 0 saturated heterocycles. The lowest BCUT2D eigenvalue weighted by Gasteiger charge is -2.19. The van der Waals surface area contributed by atoms with Crippen LogP contribution in [-0.4, -0.2) is 24.2 Å². The van der Waals surface area contributed by atoms with E-state index in [1.807, 2.05) is 6.92 Å². The highest BCUT2D eigenvalue weighted by atomic mass is 35.5. The van der Waals surface area contributed by atoms with Gasteiger partial charge in [-0.2, -0.15) is 0 Å². The topological polar surface area (TPSA) is 55.4 Å². The van der Waals surface area contributed by atoms with Gasteiger partial charge in [-0.1, -0.05) is 39.3 Å². The Bertz CT molecular complexity index is 602. The molecule has 0 fully saturated rings. The minimum absolute atomic E-state index is 0.0385. The summed E-state index contributed by atoms with van der Waals surface area (Å²) in [5.74, 6) is -1.31. The molecule has 0 aliphatic heterocycles. The van der Waals surface area contributed by atoms with Gasteiger partial charge in [-0.3, -0.25) is 9.59 Å². The first-order chi connectivity index (χ1) is 10.6. The van der Waals surface area contributed by atoms with E-state index < -0.39 is 16.5 Å². The molecule has 0 aromatic heterocycles. The number of amides is 1. The molecule has 0 saturated carbocycles. The molecule has 0 bridgehead atoms. The van der Waals surface area contributed by atoms with Gasteiger partial charge in [-0.15, -0.1) is 11.8 Å². The minimum Gasteiger partial charge on any atom is -0.468 e. The monoisotopic (exact) mass is 361 g/mol. The van der Waals surface area contributed by atoms with Crippen LogP contribution >= 0.6 is 23.4 Å². The van der Waals surface area contributed by atoms with E-state index in [-0.39, 0.29) is 22.6 Å². The second-order valence-corrected chi connectivity index (χ2v) is 7.66. The quantitative estimate of drug-likeness (QED) is 0.619. The van der Waals surface area contributed by atoms with Crippen LogP contribution in [0.3, 0.4) is 0 Å². The predicted octanol–water partition coefficient (Wildman–Crippen LogP) is 4.51. The number of hydrogen-bond acceptors (Lipinski definition) is 4. The number of ether oxygens (including phenoxy) is 1. The third-order valence-corrected chi connectivity index (χ3v) is 4.88. The van der Waals surface area contributed by atoms with Crippen molar-refractivity contribution in [1.82, 2.24) is 0 Å². The summed E-state index contributed by atoms with van der Waals surface area (Å²) in [6.07, 6.45) is 0.536. The molecule has 128 valence electrons. The molecule has 0 spiro atoms. The SMILES string of the molecule is CCC(Sc1cc(NC(=O)C(C)(C)C)c(F)cc1Cl)C(=O)OC. The maximum Gasteiger partial charge on any atom is 0.319 e. The van der Waals surface area contributed by atoms with Gasteiger partial charge in [0.05, 0.1) is 17.8 Å². The first-order valence-corrected chi connectivity index (χ1v) is 8.40. The first-order valence-electron chi connectivity index (χ1n) is 7.15. The molecule has 7 heteroatoms. The van der Waals surface area contributed by atoms with Crippen molar-refractivity contribution < 1.29 is 18.7 Å². The van der Waals surface area contributed by atoms with Crippen LogP contribution in [0.2, 0.25) is 5.02 Å². The van der Waals surface area contributed by atoms with Gasteiger partial charge >= 0.3 is 5.97 Å². The number of carbonyl (C=O) groups is 2. The summed E-state index contributed by atoms with van der Waals surface area (Å²) in [6.45, 7) is 7.04. The molecule has 0 aliphatic carbocycles. The van der Waals surface area contributed by atoms with Crippen LogP contribution in [0.5, 0.6) is 0 Å². The number of nitrogens with one attached hydrogen (secondary N) is 1. The van der Waals surface area contributed by atoms with Crippen LogP contribution in [-0.2, 0) is 14.3 Å². The average molecular weight is 362 g/mol. The molecule has 23 heavy (non-hydrogen) atoms. The number of anilines is 1. The molecule has 4 nitrogen and oxygen atoms in total. The van der Waals surface area contributed by atoms with Crippen LogP contribution in [0.4, 0.5) is 10.1 Å². The summed E-state index contributed by atoms with van der Waals surface area (Å²) >= 11 is 7.23. The number of benzene rings is 1. The standard InChI is InChI=1S/C16H21ClFNO3S/c1-6-12(14(20)22-5)23-13-8-11(10(18)7-9(13)17)19-15(21)16(2,3)4/h7-8,12H,6H2,1-5H3,(H,19,21). The molecular formula is C16H21ClFNO3S. The number of carbonyl (C=O) groups excluding carboxylic acids is 2. The average Bonchev–Trinajstić information content (AvgIpc) is 2.46. The Morgan fingerprint density at radius 1 is 1.39 bits per heavy atom. The lowest BCUT2D eigenvalue weighted by Crippen LogP contribution is -2.28. The molecular weight excluding hydrogens is 341 g/mol. The smallest absolute Gasteiger partial charge is 0.319 e. The fourth-order valence-corrected chi connectivity index (χ4v) is 2.91. The van der Waals surface area contributed by atoms with Gasteiger partial charge in [0, 0.05) is 10.3 Å². The van der Waals surface area contributed by atoms with Crippen molar-refractivity contribution in [1.29, 1.82) is 0 Å². The van der Waals surface area contributed by atoms with Gasteiger partial charge in [-0.25, -0.2) is 4.39 Å². The molecule has 1 rings (SSSR count). The number of esters is 1. The molecule has 0 aliphatic rings. The van der Waals surface area contributed by atoms with Crippen LogP contribution < -0.4 is 5.32 Å². The van der Waals surface area contributed by atoms with Gasteiger partial charge in [0.1, 0.15) is 11.1 Å². The van der Waals surface area contributed by atoms with Crippen LogP contribution in [0.25, 0.3) is 0 Å². The Morgan fingerprint density at radius 3 is 2.48 bits per heavy atom. The van der Waals surface area contributed by atoms with Crippen molar-refractivity contribution in [3.05, 3.63) is 23.0 Å². The van der Waals surface area contributed by atoms with Crippen molar-refractivity contribution in [3.8, 4) is 0 Å². The van der Waals surface area contributed by atoms with Crippen molar-refractivity contribution in [2.75, 3.05) is 12.4 Å². The van der Waals surface area contributed by atoms with E-state index in [1.165, 1.54) is 24.9 Å². The molecule has 0 heterocycles. The fourth-order valence-electron chi connectivity index (χ4n) is 1.61. The Kier molecular flexibility index (Phi) is 6.89. The van der Waals surface area contributed by atoms with Gasteiger partial charge in [-0.05, 0) is 18.6 Å². The Hall–Kier alpha value is -1.27. The number of rotatable bonds is 5. The number of methoxy groups -OCH3 is 1. The number of hydrogen-bond donors (Lipinski definition) is 1. The molecule has 0 radical (unpaired) electrons. The van der Waals surface area contributed by atoms with Crippen molar-refractivity contribution in [2.45, 2.75) is 44.3 Å². The summed E-state index contributed by atoms with van der Waals surface area (Å²) in [6, 6.07) is 2.57. The Labute approximate surface area is 145 Å². The summed E-state index contributed by atoms with van der Waals surface area (Å²) in [7, 11) is 1.31. The Balaban J connectivity index is 3.08. The first kappa shape index (κ1) is 19.8. The van der Waals surface area contributed by atoms with Crippen LogP contribution in [0, 0.1) is 11.2 Å².